The van der Waals surface area contributed by atoms with Crippen LogP contribution < -0.4 is 5.73 Å². The lowest BCUT2D eigenvalue weighted by Gasteiger charge is -2.25. The molecule has 0 unspecified atom stereocenters. The second-order valence-electron chi connectivity index (χ2n) is 5.16. The summed E-state index contributed by atoms with van der Waals surface area (Å²) in [6.45, 7) is 0.658. The van der Waals surface area contributed by atoms with Crippen LogP contribution in [0.15, 0.2) is 12.1 Å². The molecule has 1 aromatic heterocycles. The highest BCUT2D eigenvalue weighted by molar-refractivity contribution is 5.71. The highest BCUT2D eigenvalue weighted by Gasteiger charge is 2.20. The van der Waals surface area contributed by atoms with Crippen LogP contribution in [0.1, 0.15) is 25.7 Å². The standard InChI is InChI=1S/C13H15F2N5/c14-10-6-9(12(16)7-11(10)15)13-17-18-19-20(13)5-4-8-2-1-3-8/h6-8H,1-5,16H2. The number of aryl methyl sites for hydroxylation is 1. The zero-order chi connectivity index (χ0) is 14.1. The SMILES string of the molecule is Nc1cc(F)c(F)cc1-c1nnnn1CCC1CCC1. The van der Waals surface area contributed by atoms with Gasteiger partial charge in [-0.25, -0.2) is 13.5 Å². The van der Waals surface area contributed by atoms with Crippen molar-refractivity contribution in [2.75, 3.05) is 5.73 Å². The van der Waals surface area contributed by atoms with Crippen LogP contribution >= 0.6 is 0 Å². The Morgan fingerprint density at radius 1 is 1.25 bits per heavy atom. The van der Waals surface area contributed by atoms with Crippen molar-refractivity contribution in [3.05, 3.63) is 23.8 Å². The van der Waals surface area contributed by atoms with Crippen LogP contribution in [0, 0.1) is 17.6 Å². The van der Waals surface area contributed by atoms with Crippen LogP contribution in [0.5, 0.6) is 0 Å². The lowest BCUT2D eigenvalue weighted by molar-refractivity contribution is 0.277. The Morgan fingerprint density at radius 3 is 2.70 bits per heavy atom. The van der Waals surface area contributed by atoms with E-state index in [0.717, 1.165) is 18.6 Å². The summed E-state index contributed by atoms with van der Waals surface area (Å²) in [5.41, 5.74) is 6.18. The second kappa shape index (κ2) is 5.15. The molecular formula is C13H15F2N5. The summed E-state index contributed by atoms with van der Waals surface area (Å²) in [5.74, 6) is -0.836. The summed E-state index contributed by atoms with van der Waals surface area (Å²) in [6.07, 6.45) is 4.75. The van der Waals surface area contributed by atoms with Crippen molar-refractivity contribution in [3.63, 3.8) is 0 Å². The van der Waals surface area contributed by atoms with E-state index in [-0.39, 0.29) is 5.69 Å². The molecule has 0 bridgehead atoms. The second-order valence-corrected chi connectivity index (χ2v) is 5.16. The van der Waals surface area contributed by atoms with E-state index in [1.54, 1.807) is 4.68 Å². The Kier molecular flexibility index (Phi) is 3.33. The molecule has 1 saturated carbocycles. The zero-order valence-corrected chi connectivity index (χ0v) is 10.9. The molecule has 0 saturated heterocycles. The number of hydrogen-bond acceptors (Lipinski definition) is 4. The maximum absolute atomic E-state index is 13.4. The summed E-state index contributed by atoms with van der Waals surface area (Å²) in [6, 6.07) is 1.99. The summed E-state index contributed by atoms with van der Waals surface area (Å²) >= 11 is 0. The number of rotatable bonds is 4. The smallest absolute Gasteiger partial charge is 0.184 e. The molecule has 1 aliphatic rings. The Morgan fingerprint density at radius 2 is 2.00 bits per heavy atom. The predicted octanol–water partition coefficient (Wildman–Crippen LogP) is 2.39. The van der Waals surface area contributed by atoms with E-state index < -0.39 is 11.6 Å². The van der Waals surface area contributed by atoms with Crippen LogP contribution in [0.2, 0.25) is 0 Å². The van der Waals surface area contributed by atoms with E-state index >= 15 is 0 Å². The molecule has 0 amide bonds. The van der Waals surface area contributed by atoms with Gasteiger partial charge in [-0.2, -0.15) is 0 Å². The first kappa shape index (κ1) is 13.0. The van der Waals surface area contributed by atoms with E-state index in [2.05, 4.69) is 15.5 Å². The largest absolute Gasteiger partial charge is 0.398 e. The van der Waals surface area contributed by atoms with Gasteiger partial charge in [0.15, 0.2) is 17.5 Å². The van der Waals surface area contributed by atoms with Crippen LogP contribution in [0.25, 0.3) is 11.4 Å². The number of tetrazole rings is 1. The fourth-order valence-electron chi connectivity index (χ4n) is 2.39. The molecule has 2 N–H and O–H groups in total. The molecule has 3 rings (SSSR count). The summed E-state index contributed by atoms with van der Waals surface area (Å²) in [4.78, 5) is 0. The fourth-order valence-corrected chi connectivity index (χ4v) is 2.39. The van der Waals surface area contributed by atoms with Crippen LogP contribution in [0.4, 0.5) is 14.5 Å². The van der Waals surface area contributed by atoms with Crippen LogP contribution in [-0.2, 0) is 6.54 Å². The number of nitrogens with zero attached hydrogens (tertiary/aromatic N) is 4. The van der Waals surface area contributed by atoms with Crippen molar-refractivity contribution in [2.45, 2.75) is 32.2 Å². The predicted molar refractivity (Wildman–Crippen MR) is 69.5 cm³/mol. The van der Waals surface area contributed by atoms with Gasteiger partial charge >= 0.3 is 0 Å². The molecule has 1 fully saturated rings. The topological polar surface area (TPSA) is 69.6 Å². The van der Waals surface area contributed by atoms with E-state index in [1.807, 2.05) is 0 Å². The van der Waals surface area contributed by atoms with Gasteiger partial charge in [0.05, 0.1) is 0 Å². The number of nitrogens with two attached hydrogens (primary N) is 1. The molecule has 5 nitrogen and oxygen atoms in total. The molecule has 1 aromatic carbocycles. The minimum absolute atomic E-state index is 0.128. The molecule has 0 spiro atoms. The first-order chi connectivity index (χ1) is 9.65. The van der Waals surface area contributed by atoms with Gasteiger partial charge in [-0.05, 0) is 28.8 Å². The number of nitrogen functional groups attached to an aromatic ring is 1. The maximum Gasteiger partial charge on any atom is 0.184 e. The van der Waals surface area contributed by atoms with E-state index in [0.29, 0.717) is 23.9 Å². The van der Waals surface area contributed by atoms with Crippen molar-refractivity contribution < 1.29 is 8.78 Å². The monoisotopic (exact) mass is 279 g/mol. The molecule has 1 heterocycles. The van der Waals surface area contributed by atoms with Crippen molar-refractivity contribution in [2.24, 2.45) is 5.92 Å². The highest BCUT2D eigenvalue weighted by Crippen LogP contribution is 2.31. The number of aromatic nitrogens is 4. The molecule has 0 aliphatic heterocycles. The first-order valence-corrected chi connectivity index (χ1v) is 6.66. The molecule has 7 heteroatoms. The Bertz CT molecular complexity index is 621. The van der Waals surface area contributed by atoms with Gasteiger partial charge in [-0.15, -0.1) is 5.10 Å². The van der Waals surface area contributed by atoms with Gasteiger partial charge < -0.3 is 5.73 Å². The molecule has 106 valence electrons. The summed E-state index contributed by atoms with van der Waals surface area (Å²) in [7, 11) is 0. The van der Waals surface area contributed by atoms with Crippen LogP contribution in [-0.4, -0.2) is 20.2 Å². The minimum Gasteiger partial charge on any atom is -0.398 e. The quantitative estimate of drug-likeness (QED) is 0.872. The normalized spacial score (nSPS) is 15.3. The van der Waals surface area contributed by atoms with Crippen molar-refractivity contribution in [3.8, 4) is 11.4 Å². The highest BCUT2D eigenvalue weighted by atomic mass is 19.2. The zero-order valence-electron chi connectivity index (χ0n) is 10.9. The summed E-state index contributed by atoms with van der Waals surface area (Å²) < 4.78 is 28.0. The molecule has 20 heavy (non-hydrogen) atoms. The summed E-state index contributed by atoms with van der Waals surface area (Å²) in [5, 5.41) is 11.4. The van der Waals surface area contributed by atoms with Gasteiger partial charge in [0, 0.05) is 23.9 Å². The van der Waals surface area contributed by atoms with E-state index in [9.17, 15) is 8.78 Å². The third kappa shape index (κ3) is 2.35. The molecule has 2 aromatic rings. The Balaban J connectivity index is 1.86. The van der Waals surface area contributed by atoms with Gasteiger partial charge in [-0.3, -0.25) is 0 Å². The number of anilines is 1. The van der Waals surface area contributed by atoms with Crippen molar-refractivity contribution in [1.29, 1.82) is 0 Å². The average molecular weight is 279 g/mol. The lowest BCUT2D eigenvalue weighted by atomic mass is 9.83. The van der Waals surface area contributed by atoms with E-state index in [1.165, 1.54) is 19.3 Å². The van der Waals surface area contributed by atoms with Gasteiger partial charge in [-0.1, -0.05) is 19.3 Å². The Hall–Kier alpha value is -2.05. The van der Waals surface area contributed by atoms with Crippen LogP contribution in [0.3, 0.4) is 0 Å². The minimum atomic E-state index is -0.972. The molecule has 0 atom stereocenters. The van der Waals surface area contributed by atoms with Gasteiger partial charge in [0.2, 0.25) is 0 Å². The number of hydrogen-bond donors (Lipinski definition) is 1. The first-order valence-electron chi connectivity index (χ1n) is 6.66. The Labute approximate surface area is 114 Å². The number of halogens is 2. The lowest BCUT2D eigenvalue weighted by Crippen LogP contribution is -2.15. The van der Waals surface area contributed by atoms with Gasteiger partial charge in [0.25, 0.3) is 0 Å². The third-order valence-electron chi connectivity index (χ3n) is 3.84. The number of benzene rings is 1. The molecule has 0 radical (unpaired) electrons. The fraction of sp³-hybridized carbons (Fsp3) is 0.462. The molecular weight excluding hydrogens is 264 g/mol. The van der Waals surface area contributed by atoms with Crippen molar-refractivity contribution in [1.82, 2.24) is 20.2 Å². The van der Waals surface area contributed by atoms with E-state index in [4.69, 9.17) is 5.73 Å². The maximum atomic E-state index is 13.4. The average Bonchev–Trinajstić information content (AvgIpc) is 2.80. The third-order valence-corrected chi connectivity index (χ3v) is 3.84. The molecule has 1 aliphatic carbocycles. The van der Waals surface area contributed by atoms with Crippen molar-refractivity contribution >= 4 is 5.69 Å². The van der Waals surface area contributed by atoms with Gasteiger partial charge in [0.1, 0.15) is 0 Å².